The van der Waals surface area contributed by atoms with Crippen molar-refractivity contribution in [3.8, 4) is 11.5 Å². The number of rotatable bonds is 19. The lowest BCUT2D eigenvalue weighted by Gasteiger charge is -2.32. The third-order valence-corrected chi connectivity index (χ3v) is 8.44. The standard InChI is InChI=1S/C32H54F2N2O6/c1-21(2)24(16-23-8-9-29(40-6)30(17-23)42-13-7-12-39-5)18-27(35)28(37)19-26(22(3)4)31(38)36-20-32(33,34)25-10-14-41-15-11-25/h8-9,17,21-22,24-28,37H,7,10-16,18-20,35H2,1-6H3,(H,36,38)/t24-,26+,27-,28-/m0/s1. The molecule has 1 amide bonds. The third kappa shape index (κ3) is 11.6. The quantitative estimate of drug-likeness (QED) is 0.195. The van der Waals surface area contributed by atoms with Crippen LogP contribution in [0.5, 0.6) is 11.5 Å². The number of nitrogens with one attached hydrogen (secondary N) is 1. The second-order valence-electron chi connectivity index (χ2n) is 12.3. The number of aliphatic hydroxyl groups is 1. The summed E-state index contributed by atoms with van der Waals surface area (Å²) >= 11 is 0. The van der Waals surface area contributed by atoms with Gasteiger partial charge < -0.3 is 35.1 Å². The fraction of sp³-hybridized carbons (Fsp3) is 0.781. The Morgan fingerprint density at radius 1 is 1.10 bits per heavy atom. The van der Waals surface area contributed by atoms with Crippen LogP contribution in [0.4, 0.5) is 8.78 Å². The van der Waals surface area contributed by atoms with E-state index in [1.165, 1.54) is 0 Å². The number of carbonyl (C=O) groups excluding carboxylic acids is 1. The molecule has 0 aromatic heterocycles. The van der Waals surface area contributed by atoms with Crippen LogP contribution in [-0.4, -0.2) is 76.3 Å². The Labute approximate surface area is 251 Å². The van der Waals surface area contributed by atoms with E-state index < -0.39 is 42.4 Å². The minimum atomic E-state index is -3.00. The fourth-order valence-corrected chi connectivity index (χ4v) is 5.46. The van der Waals surface area contributed by atoms with Crippen molar-refractivity contribution < 1.29 is 37.6 Å². The number of methoxy groups -OCH3 is 2. The topological polar surface area (TPSA) is 112 Å². The first-order valence-corrected chi connectivity index (χ1v) is 15.3. The lowest BCUT2D eigenvalue weighted by Crippen LogP contribution is -2.47. The van der Waals surface area contributed by atoms with Gasteiger partial charge in [0.05, 0.1) is 26.4 Å². The van der Waals surface area contributed by atoms with Gasteiger partial charge in [-0.05, 0) is 67.6 Å². The first-order chi connectivity index (χ1) is 19.9. The van der Waals surface area contributed by atoms with Crippen LogP contribution in [-0.2, 0) is 20.7 Å². The summed E-state index contributed by atoms with van der Waals surface area (Å²) in [5.74, 6) is -3.28. The monoisotopic (exact) mass is 600 g/mol. The second kappa shape index (κ2) is 18.0. The molecule has 1 aliphatic rings. The van der Waals surface area contributed by atoms with Crippen LogP contribution in [0.25, 0.3) is 0 Å². The van der Waals surface area contributed by atoms with Crippen LogP contribution in [0.3, 0.4) is 0 Å². The number of hydrogen-bond donors (Lipinski definition) is 3. The molecule has 1 aliphatic heterocycles. The number of amides is 1. The Bertz CT molecular complexity index is 926. The van der Waals surface area contributed by atoms with Crippen molar-refractivity contribution in [2.24, 2.45) is 35.3 Å². The van der Waals surface area contributed by atoms with Crippen molar-refractivity contribution in [3.63, 3.8) is 0 Å². The third-order valence-electron chi connectivity index (χ3n) is 8.44. The van der Waals surface area contributed by atoms with Gasteiger partial charge in [0.25, 0.3) is 5.92 Å². The van der Waals surface area contributed by atoms with Gasteiger partial charge in [0, 0.05) is 51.2 Å². The number of ether oxygens (including phenoxy) is 4. The van der Waals surface area contributed by atoms with E-state index in [1.54, 1.807) is 14.2 Å². The van der Waals surface area contributed by atoms with Crippen LogP contribution in [0, 0.1) is 29.6 Å². The SMILES string of the molecule is COCCCOc1cc(C[C@@H](C[C@H](N)[C@@H](O)C[C@@H](C(=O)NCC(F)(F)C2CCOCC2)C(C)C)C(C)C)ccc1OC. The van der Waals surface area contributed by atoms with Gasteiger partial charge in [0.1, 0.15) is 0 Å². The number of carbonyl (C=O) groups is 1. The fourth-order valence-electron chi connectivity index (χ4n) is 5.46. The summed E-state index contributed by atoms with van der Waals surface area (Å²) in [7, 11) is 3.26. The molecule has 0 unspecified atom stereocenters. The van der Waals surface area contributed by atoms with Crippen molar-refractivity contribution >= 4 is 5.91 Å². The van der Waals surface area contributed by atoms with E-state index in [-0.39, 0.29) is 37.0 Å². The molecule has 242 valence electrons. The van der Waals surface area contributed by atoms with E-state index >= 15 is 0 Å². The molecule has 42 heavy (non-hydrogen) atoms. The maximum absolute atomic E-state index is 14.7. The first kappa shape index (κ1) is 36.2. The molecule has 0 radical (unpaired) electrons. The number of hydrogen-bond acceptors (Lipinski definition) is 7. The van der Waals surface area contributed by atoms with Gasteiger partial charge in [-0.3, -0.25) is 4.79 Å². The number of benzene rings is 1. The average molecular weight is 601 g/mol. The van der Waals surface area contributed by atoms with Gasteiger partial charge >= 0.3 is 0 Å². The van der Waals surface area contributed by atoms with Gasteiger partial charge in [-0.15, -0.1) is 0 Å². The summed E-state index contributed by atoms with van der Waals surface area (Å²) in [5.41, 5.74) is 7.57. The predicted molar refractivity (Wildman–Crippen MR) is 160 cm³/mol. The normalized spacial score (nSPS) is 17.6. The highest BCUT2D eigenvalue weighted by molar-refractivity contribution is 5.79. The summed E-state index contributed by atoms with van der Waals surface area (Å²) in [4.78, 5) is 13.0. The Kier molecular flexibility index (Phi) is 15.5. The highest BCUT2D eigenvalue weighted by Crippen LogP contribution is 2.33. The molecule has 4 N–H and O–H groups in total. The minimum absolute atomic E-state index is 0.111. The molecule has 0 bridgehead atoms. The Morgan fingerprint density at radius 3 is 2.38 bits per heavy atom. The lowest BCUT2D eigenvalue weighted by atomic mass is 9.80. The Morgan fingerprint density at radius 2 is 1.79 bits per heavy atom. The molecule has 1 aromatic carbocycles. The second-order valence-corrected chi connectivity index (χ2v) is 12.3. The molecule has 1 heterocycles. The zero-order valence-electron chi connectivity index (χ0n) is 26.4. The van der Waals surface area contributed by atoms with Gasteiger partial charge in [0.2, 0.25) is 5.91 Å². The van der Waals surface area contributed by atoms with Crippen LogP contribution < -0.4 is 20.5 Å². The molecule has 0 saturated carbocycles. The van der Waals surface area contributed by atoms with E-state index in [9.17, 15) is 18.7 Å². The summed E-state index contributed by atoms with van der Waals surface area (Å²) in [6, 6.07) is 5.31. The maximum Gasteiger partial charge on any atom is 0.268 e. The summed E-state index contributed by atoms with van der Waals surface area (Å²) < 4.78 is 51.1. The number of nitrogens with two attached hydrogens (primary N) is 1. The zero-order valence-corrected chi connectivity index (χ0v) is 26.4. The minimum Gasteiger partial charge on any atom is -0.493 e. The van der Waals surface area contributed by atoms with E-state index in [4.69, 9.17) is 24.7 Å². The van der Waals surface area contributed by atoms with Gasteiger partial charge in [-0.25, -0.2) is 8.78 Å². The molecule has 0 aliphatic carbocycles. The molecule has 2 rings (SSSR count). The van der Waals surface area contributed by atoms with Crippen molar-refractivity contribution in [1.29, 1.82) is 0 Å². The summed E-state index contributed by atoms with van der Waals surface area (Å²) in [5, 5.41) is 13.5. The molecular formula is C32H54F2N2O6. The molecule has 1 saturated heterocycles. The zero-order chi connectivity index (χ0) is 31.3. The molecular weight excluding hydrogens is 546 g/mol. The van der Waals surface area contributed by atoms with Crippen molar-refractivity contribution in [2.45, 2.75) is 84.3 Å². The van der Waals surface area contributed by atoms with Gasteiger partial charge in [0.15, 0.2) is 11.5 Å². The summed E-state index contributed by atoms with van der Waals surface area (Å²) in [6.45, 7) is 8.99. The first-order valence-electron chi connectivity index (χ1n) is 15.3. The van der Waals surface area contributed by atoms with E-state index in [1.807, 2.05) is 32.0 Å². The number of alkyl halides is 2. The smallest absolute Gasteiger partial charge is 0.268 e. The molecule has 0 spiro atoms. The molecule has 4 atom stereocenters. The molecule has 1 aromatic rings. The van der Waals surface area contributed by atoms with Crippen LogP contribution >= 0.6 is 0 Å². The highest BCUT2D eigenvalue weighted by atomic mass is 19.3. The number of halogens is 2. The average Bonchev–Trinajstić information content (AvgIpc) is 2.96. The molecule has 10 heteroatoms. The molecule has 8 nitrogen and oxygen atoms in total. The van der Waals surface area contributed by atoms with E-state index in [2.05, 4.69) is 19.2 Å². The van der Waals surface area contributed by atoms with Crippen molar-refractivity contribution in [3.05, 3.63) is 23.8 Å². The number of aliphatic hydroxyl groups excluding tert-OH is 1. The largest absolute Gasteiger partial charge is 0.493 e. The van der Waals surface area contributed by atoms with Crippen molar-refractivity contribution in [2.75, 3.05) is 47.2 Å². The van der Waals surface area contributed by atoms with Crippen LogP contribution in [0.2, 0.25) is 0 Å². The van der Waals surface area contributed by atoms with Gasteiger partial charge in [-0.1, -0.05) is 33.8 Å². The van der Waals surface area contributed by atoms with Crippen LogP contribution in [0.1, 0.15) is 65.4 Å². The summed E-state index contributed by atoms with van der Waals surface area (Å²) in [6.07, 6.45) is 1.76. The van der Waals surface area contributed by atoms with E-state index in [0.29, 0.717) is 44.3 Å². The van der Waals surface area contributed by atoms with Crippen LogP contribution in [0.15, 0.2) is 18.2 Å². The predicted octanol–water partition coefficient (Wildman–Crippen LogP) is 4.84. The lowest BCUT2D eigenvalue weighted by molar-refractivity contribution is -0.133. The maximum atomic E-state index is 14.7. The highest BCUT2D eigenvalue weighted by Gasteiger charge is 2.41. The Hall–Kier alpha value is -2.01. The van der Waals surface area contributed by atoms with Crippen molar-refractivity contribution in [1.82, 2.24) is 5.32 Å². The van der Waals surface area contributed by atoms with Gasteiger partial charge in [-0.2, -0.15) is 0 Å². The Balaban J connectivity index is 1.99. The molecule has 1 fully saturated rings. The van der Waals surface area contributed by atoms with E-state index in [0.717, 1.165) is 18.4 Å².